The van der Waals surface area contributed by atoms with Gasteiger partial charge < -0.3 is 14.4 Å². The monoisotopic (exact) mass is 297 g/mol. The van der Waals surface area contributed by atoms with Gasteiger partial charge in [-0.15, -0.1) is 0 Å². The number of amides is 1. The summed E-state index contributed by atoms with van der Waals surface area (Å²) in [5.41, 5.74) is 3.01. The Labute approximate surface area is 130 Å². The van der Waals surface area contributed by atoms with Crippen molar-refractivity contribution in [2.75, 3.05) is 18.1 Å². The zero-order valence-corrected chi connectivity index (χ0v) is 12.8. The van der Waals surface area contributed by atoms with E-state index in [1.807, 2.05) is 56.3 Å². The van der Waals surface area contributed by atoms with Crippen LogP contribution in [0.1, 0.15) is 18.1 Å². The summed E-state index contributed by atoms with van der Waals surface area (Å²) in [5, 5.41) is 0. The maximum absolute atomic E-state index is 12.4. The predicted molar refractivity (Wildman–Crippen MR) is 85.5 cm³/mol. The lowest BCUT2D eigenvalue weighted by molar-refractivity contribution is -0.120. The van der Waals surface area contributed by atoms with Gasteiger partial charge in [0.2, 0.25) is 0 Å². The second-order valence-corrected chi connectivity index (χ2v) is 5.28. The lowest BCUT2D eigenvalue weighted by atomic mass is 10.1. The summed E-state index contributed by atoms with van der Waals surface area (Å²) in [5.74, 6) is 1.31. The molecule has 114 valence electrons. The second kappa shape index (κ2) is 6.10. The Bertz CT molecular complexity index is 679. The van der Waals surface area contributed by atoms with Gasteiger partial charge in [0.1, 0.15) is 0 Å². The summed E-state index contributed by atoms with van der Waals surface area (Å²) in [6, 6.07) is 13.7. The number of para-hydroxylation sites is 1. The van der Waals surface area contributed by atoms with Crippen LogP contribution >= 0.6 is 0 Å². The van der Waals surface area contributed by atoms with Gasteiger partial charge in [-0.1, -0.05) is 29.8 Å². The normalized spacial score (nSPS) is 14.1. The highest BCUT2D eigenvalue weighted by Gasteiger charge is 2.24. The molecule has 4 heteroatoms. The van der Waals surface area contributed by atoms with Crippen molar-refractivity contribution in [2.45, 2.75) is 20.4 Å². The molecular weight excluding hydrogens is 278 g/mol. The highest BCUT2D eigenvalue weighted by Crippen LogP contribution is 2.35. The molecule has 0 aromatic heterocycles. The Morgan fingerprint density at radius 1 is 1.18 bits per heavy atom. The van der Waals surface area contributed by atoms with Gasteiger partial charge in [0.15, 0.2) is 18.1 Å². The third-order valence-electron chi connectivity index (χ3n) is 3.68. The van der Waals surface area contributed by atoms with Gasteiger partial charge in [0, 0.05) is 11.3 Å². The fraction of sp³-hybridized carbons (Fsp3) is 0.278. The first-order valence-corrected chi connectivity index (χ1v) is 7.43. The molecular formula is C18H19NO3. The minimum absolute atomic E-state index is 0.0188. The van der Waals surface area contributed by atoms with E-state index in [9.17, 15) is 4.79 Å². The van der Waals surface area contributed by atoms with Crippen molar-refractivity contribution in [3.05, 3.63) is 53.6 Å². The number of rotatable bonds is 3. The number of aryl methyl sites for hydroxylation is 1. The highest BCUT2D eigenvalue weighted by molar-refractivity contribution is 5.95. The van der Waals surface area contributed by atoms with Gasteiger partial charge in [-0.2, -0.15) is 0 Å². The summed E-state index contributed by atoms with van der Waals surface area (Å²) >= 11 is 0. The van der Waals surface area contributed by atoms with E-state index in [-0.39, 0.29) is 12.5 Å². The number of benzene rings is 2. The minimum Gasteiger partial charge on any atom is -0.490 e. The first-order valence-electron chi connectivity index (χ1n) is 7.43. The van der Waals surface area contributed by atoms with E-state index in [1.54, 1.807) is 4.90 Å². The SMILES string of the molecule is CCOc1cccc2c1OCC(=O)N(c1ccc(C)cc1)C2. The summed E-state index contributed by atoms with van der Waals surface area (Å²) in [6.07, 6.45) is 0. The lowest BCUT2D eigenvalue weighted by Crippen LogP contribution is -2.32. The van der Waals surface area contributed by atoms with Crippen LogP contribution in [0, 0.1) is 6.92 Å². The van der Waals surface area contributed by atoms with Crippen molar-refractivity contribution in [1.82, 2.24) is 0 Å². The number of ether oxygens (including phenoxy) is 2. The molecule has 0 N–H and O–H groups in total. The predicted octanol–water partition coefficient (Wildman–Crippen LogP) is 3.32. The Morgan fingerprint density at radius 2 is 1.95 bits per heavy atom. The number of hydrogen-bond acceptors (Lipinski definition) is 3. The van der Waals surface area contributed by atoms with Crippen molar-refractivity contribution in [3.63, 3.8) is 0 Å². The average molecular weight is 297 g/mol. The molecule has 0 fully saturated rings. The Hall–Kier alpha value is -2.49. The van der Waals surface area contributed by atoms with Gasteiger partial charge >= 0.3 is 0 Å². The van der Waals surface area contributed by atoms with Crippen LogP contribution in [0.5, 0.6) is 11.5 Å². The van der Waals surface area contributed by atoms with Gasteiger partial charge in [-0.05, 0) is 32.0 Å². The molecule has 0 spiro atoms. The molecule has 2 aromatic rings. The molecule has 1 aliphatic rings. The van der Waals surface area contributed by atoms with E-state index < -0.39 is 0 Å². The van der Waals surface area contributed by atoms with Crippen LogP contribution in [-0.2, 0) is 11.3 Å². The summed E-state index contributed by atoms with van der Waals surface area (Å²) in [7, 11) is 0. The molecule has 2 aromatic carbocycles. The molecule has 1 amide bonds. The standard InChI is InChI=1S/C18H19NO3/c1-3-21-16-6-4-5-14-11-19(17(20)12-22-18(14)16)15-9-7-13(2)8-10-15/h4-10H,3,11-12H2,1-2H3. The highest BCUT2D eigenvalue weighted by atomic mass is 16.5. The maximum Gasteiger partial charge on any atom is 0.265 e. The number of nitrogens with zero attached hydrogens (tertiary/aromatic N) is 1. The third kappa shape index (κ3) is 2.77. The van der Waals surface area contributed by atoms with Gasteiger partial charge in [0.25, 0.3) is 5.91 Å². The Morgan fingerprint density at radius 3 is 2.68 bits per heavy atom. The summed E-state index contributed by atoms with van der Waals surface area (Å²) in [4.78, 5) is 14.1. The van der Waals surface area contributed by atoms with Crippen LogP contribution < -0.4 is 14.4 Å². The first-order chi connectivity index (χ1) is 10.7. The molecule has 0 radical (unpaired) electrons. The molecule has 0 saturated heterocycles. The molecule has 22 heavy (non-hydrogen) atoms. The van der Waals surface area contributed by atoms with Crippen molar-refractivity contribution in [2.24, 2.45) is 0 Å². The van der Waals surface area contributed by atoms with Crippen molar-refractivity contribution in [3.8, 4) is 11.5 Å². The topological polar surface area (TPSA) is 38.8 Å². The molecule has 0 unspecified atom stereocenters. The van der Waals surface area contributed by atoms with Crippen LogP contribution in [0.15, 0.2) is 42.5 Å². The van der Waals surface area contributed by atoms with Gasteiger partial charge in [-0.3, -0.25) is 4.79 Å². The quantitative estimate of drug-likeness (QED) is 0.872. The Balaban J connectivity index is 1.96. The van der Waals surface area contributed by atoms with Crippen molar-refractivity contribution in [1.29, 1.82) is 0 Å². The van der Waals surface area contributed by atoms with E-state index in [0.29, 0.717) is 24.7 Å². The first kappa shape index (κ1) is 14.4. The van der Waals surface area contributed by atoms with Crippen LogP contribution in [0.4, 0.5) is 5.69 Å². The van der Waals surface area contributed by atoms with E-state index >= 15 is 0 Å². The summed E-state index contributed by atoms with van der Waals surface area (Å²) in [6.45, 7) is 5.03. The second-order valence-electron chi connectivity index (χ2n) is 5.28. The molecule has 1 heterocycles. The number of carbonyl (C=O) groups excluding carboxylic acids is 1. The molecule has 4 nitrogen and oxygen atoms in total. The van der Waals surface area contributed by atoms with E-state index in [2.05, 4.69) is 0 Å². The van der Waals surface area contributed by atoms with Crippen LogP contribution in [0.25, 0.3) is 0 Å². The van der Waals surface area contributed by atoms with Gasteiger partial charge in [-0.25, -0.2) is 0 Å². The van der Waals surface area contributed by atoms with E-state index in [1.165, 1.54) is 5.56 Å². The smallest absolute Gasteiger partial charge is 0.265 e. The number of hydrogen-bond donors (Lipinski definition) is 0. The number of carbonyl (C=O) groups is 1. The molecule has 1 aliphatic heterocycles. The number of fused-ring (bicyclic) bond motifs is 1. The molecule has 0 atom stereocenters. The van der Waals surface area contributed by atoms with Crippen LogP contribution in [0.2, 0.25) is 0 Å². The Kier molecular flexibility index (Phi) is 4.00. The minimum atomic E-state index is -0.0532. The average Bonchev–Trinajstić information content (AvgIpc) is 2.69. The van der Waals surface area contributed by atoms with E-state index in [4.69, 9.17) is 9.47 Å². The molecule has 3 rings (SSSR count). The zero-order valence-electron chi connectivity index (χ0n) is 12.8. The van der Waals surface area contributed by atoms with Crippen LogP contribution in [-0.4, -0.2) is 19.1 Å². The molecule has 0 bridgehead atoms. The number of anilines is 1. The van der Waals surface area contributed by atoms with Gasteiger partial charge in [0.05, 0.1) is 13.2 Å². The summed E-state index contributed by atoms with van der Waals surface area (Å²) < 4.78 is 11.3. The fourth-order valence-corrected chi connectivity index (χ4v) is 2.55. The molecule has 0 saturated carbocycles. The van der Waals surface area contributed by atoms with E-state index in [0.717, 1.165) is 11.3 Å². The maximum atomic E-state index is 12.4. The largest absolute Gasteiger partial charge is 0.490 e. The lowest BCUT2D eigenvalue weighted by Gasteiger charge is -2.20. The van der Waals surface area contributed by atoms with Crippen molar-refractivity contribution < 1.29 is 14.3 Å². The fourth-order valence-electron chi connectivity index (χ4n) is 2.55. The zero-order chi connectivity index (χ0) is 15.5. The third-order valence-corrected chi connectivity index (χ3v) is 3.68. The van der Waals surface area contributed by atoms with Crippen molar-refractivity contribution >= 4 is 11.6 Å². The van der Waals surface area contributed by atoms with Crippen LogP contribution in [0.3, 0.4) is 0 Å². The molecule has 0 aliphatic carbocycles.